The molecule has 4 rings (SSSR count). The Labute approximate surface area is 116 Å². The Morgan fingerprint density at radius 2 is 1.79 bits per heavy atom. The van der Waals surface area contributed by atoms with Crippen molar-refractivity contribution in [2.45, 2.75) is 64.8 Å². The van der Waals surface area contributed by atoms with Crippen molar-refractivity contribution in [1.29, 1.82) is 0 Å². The van der Waals surface area contributed by atoms with Crippen molar-refractivity contribution in [3.63, 3.8) is 0 Å². The van der Waals surface area contributed by atoms with Gasteiger partial charge in [-0.05, 0) is 62.2 Å². The number of rotatable bonds is 4. The monoisotopic (exact) mass is 265 g/mol. The first-order chi connectivity index (χ1) is 8.86. The third-order valence-electron chi connectivity index (χ3n) is 5.47. The van der Waals surface area contributed by atoms with Gasteiger partial charge in [0, 0.05) is 12.1 Å². The van der Waals surface area contributed by atoms with Crippen LogP contribution in [0.5, 0.6) is 0 Å². The van der Waals surface area contributed by atoms with Crippen LogP contribution in [0.2, 0.25) is 0 Å². The number of carbonyl (C=O) groups is 1. The number of carbonyl (C=O) groups excluding carboxylic acids is 1. The van der Waals surface area contributed by atoms with Crippen LogP contribution < -0.4 is 5.32 Å². The lowest BCUT2D eigenvalue weighted by Gasteiger charge is -2.65. The first-order valence-corrected chi connectivity index (χ1v) is 7.75. The van der Waals surface area contributed by atoms with Crippen LogP contribution in [0.25, 0.3) is 0 Å². The molecular weight excluding hydrogens is 238 g/mol. The third kappa shape index (κ3) is 2.42. The van der Waals surface area contributed by atoms with Crippen LogP contribution in [-0.4, -0.2) is 24.7 Å². The molecule has 2 unspecified atom stereocenters. The summed E-state index contributed by atoms with van der Waals surface area (Å²) in [7, 11) is 0. The normalized spacial score (nSPS) is 47.4. The Hall–Kier alpha value is -0.570. The Morgan fingerprint density at radius 1 is 1.16 bits per heavy atom. The summed E-state index contributed by atoms with van der Waals surface area (Å²) in [6.07, 6.45) is 7.61. The summed E-state index contributed by atoms with van der Waals surface area (Å²) in [4.78, 5) is 12.1. The van der Waals surface area contributed by atoms with Crippen LogP contribution in [0, 0.1) is 16.7 Å². The lowest BCUT2D eigenvalue weighted by molar-refractivity contribution is -0.143. The highest BCUT2D eigenvalue weighted by atomic mass is 16.5. The second-order valence-electron chi connectivity index (χ2n) is 8.10. The molecule has 0 heterocycles. The topological polar surface area (TPSA) is 38.3 Å². The van der Waals surface area contributed by atoms with Crippen LogP contribution in [0.3, 0.4) is 0 Å². The van der Waals surface area contributed by atoms with Gasteiger partial charge in [0.2, 0.25) is 5.91 Å². The van der Waals surface area contributed by atoms with E-state index in [1.165, 1.54) is 38.5 Å². The maximum atomic E-state index is 12.1. The average Bonchev–Trinajstić information content (AvgIpc) is 2.20. The molecule has 3 heteroatoms. The van der Waals surface area contributed by atoms with Gasteiger partial charge in [0.15, 0.2) is 0 Å². The molecule has 0 aliphatic heterocycles. The summed E-state index contributed by atoms with van der Waals surface area (Å²) in [5.41, 5.74) is 0.969. The van der Waals surface area contributed by atoms with Crippen molar-refractivity contribution in [2.75, 3.05) is 13.2 Å². The van der Waals surface area contributed by atoms with E-state index in [2.05, 4.69) is 19.2 Å². The summed E-state index contributed by atoms with van der Waals surface area (Å²) in [5, 5.41) is 3.35. The molecule has 4 fully saturated rings. The SMILES string of the molecule is CCOCC(=O)NC12CC3CC(C)(CC(C)(C3)C1)C2. The standard InChI is InChI=1S/C16H27NO2/c1-4-19-8-13(18)17-16-7-12-5-14(2,10-16)9-15(3,6-12)11-16/h12H,4-11H2,1-3H3,(H,17,18). The summed E-state index contributed by atoms with van der Waals surface area (Å²) < 4.78 is 5.25. The molecule has 0 spiro atoms. The molecule has 2 atom stereocenters. The van der Waals surface area contributed by atoms with E-state index in [0.717, 1.165) is 5.92 Å². The number of nitrogens with one attached hydrogen (secondary N) is 1. The highest BCUT2D eigenvalue weighted by Gasteiger charge is 2.60. The fourth-order valence-corrected chi connectivity index (χ4v) is 6.11. The van der Waals surface area contributed by atoms with Crippen LogP contribution in [0.4, 0.5) is 0 Å². The summed E-state index contributed by atoms with van der Waals surface area (Å²) in [6.45, 7) is 7.62. The molecule has 1 amide bonds. The summed E-state index contributed by atoms with van der Waals surface area (Å²) in [6, 6.07) is 0. The van der Waals surface area contributed by atoms with Crippen molar-refractivity contribution < 1.29 is 9.53 Å². The molecule has 4 aliphatic rings. The number of hydrogen-bond acceptors (Lipinski definition) is 2. The molecule has 0 aromatic carbocycles. The number of ether oxygens (including phenoxy) is 1. The van der Waals surface area contributed by atoms with Crippen molar-refractivity contribution in [3.05, 3.63) is 0 Å². The maximum absolute atomic E-state index is 12.1. The van der Waals surface area contributed by atoms with Gasteiger partial charge >= 0.3 is 0 Å². The summed E-state index contributed by atoms with van der Waals surface area (Å²) in [5.74, 6) is 0.898. The third-order valence-corrected chi connectivity index (χ3v) is 5.47. The fraction of sp³-hybridized carbons (Fsp3) is 0.938. The molecule has 4 aliphatic carbocycles. The largest absolute Gasteiger partial charge is 0.372 e. The fourth-order valence-electron chi connectivity index (χ4n) is 6.11. The number of hydrogen-bond donors (Lipinski definition) is 1. The van der Waals surface area contributed by atoms with E-state index in [9.17, 15) is 4.79 Å². The molecule has 0 saturated heterocycles. The Kier molecular flexibility index (Phi) is 2.97. The summed E-state index contributed by atoms with van der Waals surface area (Å²) >= 11 is 0. The van der Waals surface area contributed by atoms with Crippen molar-refractivity contribution in [2.24, 2.45) is 16.7 Å². The lowest BCUT2D eigenvalue weighted by Crippen LogP contribution is -2.65. The molecular formula is C16H27NO2. The maximum Gasteiger partial charge on any atom is 0.246 e. The molecule has 0 aromatic heterocycles. The molecule has 0 aromatic rings. The van der Waals surface area contributed by atoms with Crippen LogP contribution >= 0.6 is 0 Å². The molecule has 4 saturated carbocycles. The van der Waals surface area contributed by atoms with E-state index in [1.54, 1.807) is 0 Å². The number of amides is 1. The molecule has 0 radical (unpaired) electrons. The Balaban J connectivity index is 1.75. The van der Waals surface area contributed by atoms with Crippen LogP contribution in [-0.2, 0) is 9.53 Å². The molecule has 19 heavy (non-hydrogen) atoms. The minimum Gasteiger partial charge on any atom is -0.372 e. The van der Waals surface area contributed by atoms with E-state index < -0.39 is 0 Å². The van der Waals surface area contributed by atoms with Gasteiger partial charge in [-0.3, -0.25) is 4.79 Å². The van der Waals surface area contributed by atoms with Gasteiger partial charge in [-0.15, -0.1) is 0 Å². The second-order valence-corrected chi connectivity index (χ2v) is 8.10. The van der Waals surface area contributed by atoms with Gasteiger partial charge in [0.05, 0.1) is 0 Å². The van der Waals surface area contributed by atoms with Crippen molar-refractivity contribution in [3.8, 4) is 0 Å². The first-order valence-electron chi connectivity index (χ1n) is 7.75. The van der Waals surface area contributed by atoms with Gasteiger partial charge in [0.25, 0.3) is 0 Å². The van der Waals surface area contributed by atoms with Crippen LogP contribution in [0.15, 0.2) is 0 Å². The average molecular weight is 265 g/mol. The van der Waals surface area contributed by atoms with E-state index >= 15 is 0 Å². The van der Waals surface area contributed by atoms with Gasteiger partial charge in [-0.25, -0.2) is 0 Å². The quantitative estimate of drug-likeness (QED) is 0.849. The van der Waals surface area contributed by atoms with E-state index in [1.807, 2.05) is 6.92 Å². The molecule has 4 bridgehead atoms. The minimum atomic E-state index is 0.0666. The second kappa shape index (κ2) is 4.21. The van der Waals surface area contributed by atoms with Gasteiger partial charge in [-0.1, -0.05) is 13.8 Å². The Bertz CT molecular complexity index is 374. The highest BCUT2D eigenvalue weighted by Crippen LogP contribution is 2.66. The van der Waals surface area contributed by atoms with Gasteiger partial charge < -0.3 is 10.1 Å². The predicted molar refractivity (Wildman–Crippen MR) is 74.8 cm³/mol. The zero-order chi connectivity index (χ0) is 13.7. The zero-order valence-corrected chi connectivity index (χ0v) is 12.6. The Morgan fingerprint density at radius 3 is 2.32 bits per heavy atom. The van der Waals surface area contributed by atoms with Gasteiger partial charge in [-0.2, -0.15) is 0 Å². The van der Waals surface area contributed by atoms with Crippen molar-refractivity contribution >= 4 is 5.91 Å². The van der Waals surface area contributed by atoms with E-state index in [-0.39, 0.29) is 18.1 Å². The first kappa shape index (κ1) is 13.4. The molecule has 1 N–H and O–H groups in total. The van der Waals surface area contributed by atoms with E-state index in [0.29, 0.717) is 17.4 Å². The van der Waals surface area contributed by atoms with Gasteiger partial charge in [0.1, 0.15) is 6.61 Å². The molecule has 108 valence electrons. The lowest BCUT2D eigenvalue weighted by atomic mass is 9.43. The van der Waals surface area contributed by atoms with Crippen LogP contribution in [0.1, 0.15) is 59.3 Å². The zero-order valence-electron chi connectivity index (χ0n) is 12.6. The van der Waals surface area contributed by atoms with Crippen molar-refractivity contribution in [1.82, 2.24) is 5.32 Å². The van der Waals surface area contributed by atoms with E-state index in [4.69, 9.17) is 4.74 Å². The highest BCUT2D eigenvalue weighted by molar-refractivity contribution is 5.78. The smallest absolute Gasteiger partial charge is 0.246 e. The molecule has 3 nitrogen and oxygen atoms in total. The minimum absolute atomic E-state index is 0.0666. The predicted octanol–water partition coefficient (Wildman–Crippen LogP) is 2.89.